The van der Waals surface area contributed by atoms with Crippen LogP contribution in [-0.2, 0) is 45.4 Å². The fourth-order valence-corrected chi connectivity index (χ4v) is 11.3. The van der Waals surface area contributed by atoms with Crippen LogP contribution in [-0.4, -0.2) is 65.4 Å². The average Bonchev–Trinajstić information content (AvgIpc) is 1.61. The van der Waals surface area contributed by atoms with E-state index in [2.05, 4.69) is 22.2 Å². The number of aliphatic hydroxyl groups excluding tert-OH is 3. The van der Waals surface area contributed by atoms with Gasteiger partial charge in [0, 0.05) is 53.4 Å². The van der Waals surface area contributed by atoms with E-state index in [0.717, 1.165) is 16.8 Å². The Labute approximate surface area is 522 Å². The molecule has 0 radical (unpaired) electrons. The van der Waals surface area contributed by atoms with E-state index in [4.69, 9.17) is 9.47 Å². The van der Waals surface area contributed by atoms with E-state index >= 15 is 0 Å². The molecule has 6 aromatic carbocycles. The summed E-state index contributed by atoms with van der Waals surface area (Å²) in [5.74, 6) is -3.44. The molecule has 2 atom stereocenters. The maximum absolute atomic E-state index is 14.5. The van der Waals surface area contributed by atoms with Crippen LogP contribution in [0.15, 0.2) is 212 Å². The van der Waals surface area contributed by atoms with Gasteiger partial charge >= 0.3 is 11.9 Å². The summed E-state index contributed by atoms with van der Waals surface area (Å²) in [4.78, 5) is 59.6. The smallest absolute Gasteiger partial charge is 0.310 e. The van der Waals surface area contributed by atoms with Crippen LogP contribution in [0.1, 0.15) is 115 Å². The maximum Gasteiger partial charge on any atom is 0.310 e. The molecule has 3 aromatic heterocycles. The van der Waals surface area contributed by atoms with Gasteiger partial charge in [0.2, 0.25) is 0 Å². The van der Waals surface area contributed by atoms with Gasteiger partial charge in [-0.2, -0.15) is 0 Å². The minimum atomic E-state index is -1.33. The molecular weight excluding hydrogens is 1140 g/mol. The zero-order valence-corrected chi connectivity index (χ0v) is 50.7. The normalized spacial score (nSPS) is 12.2. The van der Waals surface area contributed by atoms with Gasteiger partial charge in [-0.3, -0.25) is 24.2 Å². The number of benzene rings is 6. The number of amides is 2. The van der Waals surface area contributed by atoms with Crippen molar-refractivity contribution in [3.8, 4) is 44.8 Å². The summed E-state index contributed by atoms with van der Waals surface area (Å²) in [7, 11) is 0. The predicted octanol–water partition coefficient (Wildman–Crippen LogP) is 15.5. The first-order valence-electron chi connectivity index (χ1n) is 30.0. The van der Waals surface area contributed by atoms with Crippen molar-refractivity contribution in [2.24, 2.45) is 0 Å². The minimum Gasteiger partial charge on any atom is -0.512 e. The Balaban J connectivity index is 0.799. The summed E-state index contributed by atoms with van der Waals surface area (Å²) in [6.07, 6.45) is -1.40. The number of carbonyl (C=O) groups is 4. The molecule has 2 amide bonds. The summed E-state index contributed by atoms with van der Waals surface area (Å²) in [6.45, 7) is 11.9. The molecule has 0 spiro atoms. The number of hydrogen-bond donors (Lipinski definition) is 5. The van der Waals surface area contributed by atoms with Crippen LogP contribution in [0.5, 0.6) is 0 Å². The molecule has 0 saturated heterocycles. The predicted molar refractivity (Wildman–Crippen MR) is 346 cm³/mol. The number of esters is 2. The third-order valence-electron chi connectivity index (χ3n) is 15.2. The van der Waals surface area contributed by atoms with E-state index in [0.29, 0.717) is 78.8 Å². The molecule has 0 aliphatic heterocycles. The highest BCUT2D eigenvalue weighted by Gasteiger charge is 2.33. The summed E-state index contributed by atoms with van der Waals surface area (Å²) >= 11 is 0. The first kappa shape index (κ1) is 64.4. The molecule has 9 rings (SSSR count). The van der Waals surface area contributed by atoms with Crippen molar-refractivity contribution in [3.05, 3.63) is 258 Å². The number of allylic oxidation sites excluding steroid dienone is 1. The highest BCUT2D eigenvalue weighted by atomic mass is 19.1. The highest BCUT2D eigenvalue weighted by molar-refractivity contribution is 6.13. The molecule has 90 heavy (non-hydrogen) atoms. The van der Waals surface area contributed by atoms with Crippen LogP contribution in [0.2, 0.25) is 0 Å². The van der Waals surface area contributed by atoms with Crippen molar-refractivity contribution in [3.63, 3.8) is 0 Å². The first-order valence-corrected chi connectivity index (χ1v) is 30.0. The van der Waals surface area contributed by atoms with E-state index < -0.39 is 42.2 Å². The van der Waals surface area contributed by atoms with Crippen LogP contribution in [0.4, 0.5) is 20.2 Å². The van der Waals surface area contributed by atoms with Crippen LogP contribution in [0.3, 0.4) is 0 Å². The molecule has 0 aliphatic rings. The highest BCUT2D eigenvalue weighted by Crippen LogP contribution is 2.45. The second kappa shape index (κ2) is 30.3. The molecule has 14 nitrogen and oxygen atoms in total. The average molecular weight is 1210 g/mol. The standard InChI is InChI=1S/C74H73F2N5O9/c1-47(2)69-67(73(87)78-56-23-14-8-15-24-56)65(50-19-10-6-11-20-50)71(52-29-33-54(75)34-30-52)80(69)39-37-60(82)41-49(5)42-63(85)89-45-58-27-18-28-59(77-58)46-90-64(86)44-62(84)43-61(83)38-40-81-70(48(3)4)68(74(88)79-57-25-16-9-17-26-57)66(51-21-12-7-13-22-51)72(81)53-31-35-55(76)36-32-53/h6-36,38,47-48,60,62,82-84H,5,37,39-46H2,1-4H3,(H,78,87)(H,79,88)/b61-38+/t60-,62-/m1/s1. The van der Waals surface area contributed by atoms with Gasteiger partial charge in [0.25, 0.3) is 11.8 Å². The number of halogens is 2. The van der Waals surface area contributed by atoms with Gasteiger partial charge in [0.15, 0.2) is 0 Å². The number of nitrogens with zero attached hydrogens (tertiary/aromatic N) is 3. The molecule has 3 heterocycles. The number of aliphatic hydroxyl groups is 3. The summed E-state index contributed by atoms with van der Waals surface area (Å²) < 4.78 is 43.8. The molecule has 16 heteroatoms. The second-order valence-corrected chi connectivity index (χ2v) is 22.7. The second-order valence-electron chi connectivity index (χ2n) is 22.7. The van der Waals surface area contributed by atoms with E-state index in [1.807, 2.05) is 146 Å². The van der Waals surface area contributed by atoms with Gasteiger partial charge < -0.3 is 44.6 Å². The van der Waals surface area contributed by atoms with Gasteiger partial charge in [-0.25, -0.2) is 8.78 Å². The van der Waals surface area contributed by atoms with Crippen molar-refractivity contribution in [2.45, 2.75) is 110 Å². The lowest BCUT2D eigenvalue weighted by Gasteiger charge is -2.19. The molecule has 9 aromatic rings. The van der Waals surface area contributed by atoms with Crippen molar-refractivity contribution >= 4 is 35.1 Å². The third kappa shape index (κ3) is 16.4. The van der Waals surface area contributed by atoms with E-state index in [1.165, 1.54) is 30.3 Å². The van der Waals surface area contributed by atoms with Crippen molar-refractivity contribution < 1.29 is 52.8 Å². The Kier molecular flexibility index (Phi) is 21.7. The topological polar surface area (TPSA) is 194 Å². The number of nitrogens with one attached hydrogen (secondary N) is 2. The fourth-order valence-electron chi connectivity index (χ4n) is 11.3. The molecule has 0 bridgehead atoms. The summed E-state index contributed by atoms with van der Waals surface area (Å²) in [6, 6.07) is 54.3. The number of anilines is 2. The quantitative estimate of drug-likeness (QED) is 0.0188. The maximum atomic E-state index is 14.5. The lowest BCUT2D eigenvalue weighted by molar-refractivity contribution is -0.147. The number of pyridine rings is 1. The molecule has 462 valence electrons. The third-order valence-corrected chi connectivity index (χ3v) is 15.2. The number of rotatable bonds is 27. The molecular formula is C74H73F2N5O9. The van der Waals surface area contributed by atoms with E-state index in [1.54, 1.807) is 54.6 Å². The van der Waals surface area contributed by atoms with Crippen LogP contribution >= 0.6 is 0 Å². The van der Waals surface area contributed by atoms with Crippen molar-refractivity contribution in [1.29, 1.82) is 0 Å². The number of ether oxygens (including phenoxy) is 2. The SMILES string of the molecule is C=C(CC(=O)OCc1cccc(COC(=O)C[C@H](O)C/C(O)=C\Cn2c(-c3ccc(F)cc3)c(-c3ccccc3)c(C(=O)Nc3ccccc3)c2C(C)C)n1)C[C@H](O)CCn1c(-c2ccc(F)cc2)c(-c2ccccc2)c(C(=O)Nc2ccccc2)c1C(C)C. The Hall–Kier alpha value is -10.0. The molecule has 0 saturated carbocycles. The summed E-state index contributed by atoms with van der Waals surface area (Å²) in [5, 5.41) is 39.9. The van der Waals surface area contributed by atoms with E-state index in [9.17, 15) is 43.3 Å². The van der Waals surface area contributed by atoms with Gasteiger partial charge in [0.05, 0.1) is 64.7 Å². The molecule has 5 N–H and O–H groups in total. The molecule has 0 unspecified atom stereocenters. The number of carbonyl (C=O) groups excluding carboxylic acids is 4. The number of aromatic nitrogens is 3. The first-order chi connectivity index (χ1) is 43.4. The Morgan fingerprint density at radius 2 is 0.967 bits per heavy atom. The monoisotopic (exact) mass is 1210 g/mol. The van der Waals surface area contributed by atoms with Gasteiger partial charge in [-0.15, -0.1) is 0 Å². The fraction of sp³-hybridized carbons (Fsp3) is 0.230. The minimum absolute atomic E-state index is 0.0479. The Morgan fingerprint density at radius 1 is 0.533 bits per heavy atom. The van der Waals surface area contributed by atoms with Crippen LogP contribution < -0.4 is 10.6 Å². The van der Waals surface area contributed by atoms with Crippen molar-refractivity contribution in [1.82, 2.24) is 14.1 Å². The van der Waals surface area contributed by atoms with E-state index in [-0.39, 0.29) is 81.4 Å². The lowest BCUT2D eigenvalue weighted by atomic mass is 9.94. The van der Waals surface area contributed by atoms with Gasteiger partial charge in [-0.05, 0) is 138 Å². The van der Waals surface area contributed by atoms with Gasteiger partial charge in [0.1, 0.15) is 24.8 Å². The Bertz CT molecular complexity index is 3980. The van der Waals surface area contributed by atoms with Crippen LogP contribution in [0, 0.1) is 11.6 Å². The molecule has 0 fully saturated rings. The zero-order valence-electron chi connectivity index (χ0n) is 50.7. The molecule has 0 aliphatic carbocycles. The Morgan fingerprint density at radius 3 is 1.43 bits per heavy atom. The largest absolute Gasteiger partial charge is 0.512 e. The van der Waals surface area contributed by atoms with Gasteiger partial charge in [-0.1, -0.05) is 143 Å². The summed E-state index contributed by atoms with van der Waals surface area (Å²) in [5.41, 5.74) is 10.1. The van der Waals surface area contributed by atoms with Crippen molar-refractivity contribution in [2.75, 3.05) is 10.6 Å². The number of hydrogen-bond acceptors (Lipinski definition) is 10. The lowest BCUT2D eigenvalue weighted by Crippen LogP contribution is -2.18. The zero-order chi connectivity index (χ0) is 63.8. The van der Waals surface area contributed by atoms with Crippen LogP contribution in [0.25, 0.3) is 44.8 Å². The number of para-hydroxylation sites is 2.